The smallest absolute Gasteiger partial charge is 0.270 e. The van der Waals surface area contributed by atoms with E-state index in [1.807, 2.05) is 11.9 Å². The van der Waals surface area contributed by atoms with Crippen molar-refractivity contribution in [3.05, 3.63) is 28.3 Å². The number of aliphatic hydroxyl groups excluding tert-OH is 2. The molecular weight excluding hydrogens is 376 g/mol. The van der Waals surface area contributed by atoms with Gasteiger partial charge >= 0.3 is 0 Å². The third-order valence-electron chi connectivity index (χ3n) is 4.53. The number of likely N-dealkylation sites (N-methyl/N-ethyl adjacent to an activating group) is 1. The molecule has 0 aromatic heterocycles. The summed E-state index contributed by atoms with van der Waals surface area (Å²) in [5.74, 6) is 0. The zero-order chi connectivity index (χ0) is 20.0. The van der Waals surface area contributed by atoms with Crippen LogP contribution in [-0.4, -0.2) is 92.3 Å². The van der Waals surface area contributed by atoms with Gasteiger partial charge in [-0.1, -0.05) is 0 Å². The number of non-ortho nitro benzene ring substituents is 1. The van der Waals surface area contributed by atoms with Crippen molar-refractivity contribution in [1.29, 1.82) is 0 Å². The molecule has 1 aromatic carbocycles. The number of hydrogen-bond donors (Lipinski definition) is 2. The summed E-state index contributed by atoms with van der Waals surface area (Å²) in [6, 6.07) is 3.65. The Hall–Kier alpha value is -1.79. The molecule has 27 heavy (non-hydrogen) atoms. The van der Waals surface area contributed by atoms with Gasteiger partial charge in [0.1, 0.15) is 4.90 Å². The summed E-state index contributed by atoms with van der Waals surface area (Å²) < 4.78 is 27.9. The zero-order valence-electron chi connectivity index (χ0n) is 15.3. The van der Waals surface area contributed by atoms with Crippen molar-refractivity contribution in [1.82, 2.24) is 9.21 Å². The standard InChI is InChI=1S/C16H26N4O6S/c1-17-5-2-6-19(8-7-17)27(25,26)16-13-14(20(23)24)3-4-15(16)18(9-11-21)10-12-22/h3-4,13,21-22H,2,5-12H2,1H3. The lowest BCUT2D eigenvalue weighted by Crippen LogP contribution is -2.37. The summed E-state index contributed by atoms with van der Waals surface area (Å²) >= 11 is 0. The van der Waals surface area contributed by atoms with Crippen LogP contribution in [0.1, 0.15) is 6.42 Å². The highest BCUT2D eigenvalue weighted by molar-refractivity contribution is 7.89. The number of sulfonamides is 1. The van der Waals surface area contributed by atoms with E-state index in [-0.39, 0.29) is 42.6 Å². The number of rotatable bonds is 8. The molecule has 1 aliphatic heterocycles. The van der Waals surface area contributed by atoms with Gasteiger partial charge in [0, 0.05) is 44.9 Å². The van der Waals surface area contributed by atoms with Crippen LogP contribution < -0.4 is 4.90 Å². The Morgan fingerprint density at radius 1 is 1.15 bits per heavy atom. The van der Waals surface area contributed by atoms with Crippen molar-refractivity contribution < 1.29 is 23.6 Å². The topological polar surface area (TPSA) is 127 Å². The van der Waals surface area contributed by atoms with Gasteiger partial charge < -0.3 is 20.0 Å². The number of nitro benzene ring substituents is 1. The molecule has 1 fully saturated rings. The fourth-order valence-electron chi connectivity index (χ4n) is 3.08. The molecule has 10 nitrogen and oxygen atoms in total. The molecule has 0 radical (unpaired) electrons. The largest absolute Gasteiger partial charge is 0.395 e. The van der Waals surface area contributed by atoms with Crippen LogP contribution in [0.25, 0.3) is 0 Å². The van der Waals surface area contributed by atoms with E-state index in [4.69, 9.17) is 0 Å². The highest BCUT2D eigenvalue weighted by Crippen LogP contribution is 2.32. The first-order chi connectivity index (χ1) is 12.8. The van der Waals surface area contributed by atoms with Gasteiger partial charge in [0.25, 0.3) is 5.69 Å². The summed E-state index contributed by atoms with van der Waals surface area (Å²) in [6.07, 6.45) is 0.664. The molecule has 0 aliphatic carbocycles. The van der Waals surface area contributed by atoms with Crippen LogP contribution in [0.5, 0.6) is 0 Å². The van der Waals surface area contributed by atoms with Crippen molar-refractivity contribution in [2.45, 2.75) is 11.3 Å². The minimum Gasteiger partial charge on any atom is -0.395 e. The lowest BCUT2D eigenvalue weighted by molar-refractivity contribution is -0.385. The highest BCUT2D eigenvalue weighted by Gasteiger charge is 2.31. The Morgan fingerprint density at radius 3 is 2.41 bits per heavy atom. The van der Waals surface area contributed by atoms with E-state index in [1.165, 1.54) is 21.3 Å². The molecule has 0 saturated carbocycles. The molecule has 152 valence electrons. The number of aliphatic hydroxyl groups is 2. The Morgan fingerprint density at radius 2 is 1.81 bits per heavy atom. The first-order valence-electron chi connectivity index (χ1n) is 8.75. The number of nitrogens with zero attached hydrogens (tertiary/aromatic N) is 4. The molecule has 0 bridgehead atoms. The van der Waals surface area contributed by atoms with E-state index < -0.39 is 14.9 Å². The van der Waals surface area contributed by atoms with Crippen LogP contribution in [0.3, 0.4) is 0 Å². The van der Waals surface area contributed by atoms with Gasteiger partial charge in [-0.2, -0.15) is 4.31 Å². The van der Waals surface area contributed by atoms with E-state index in [0.29, 0.717) is 26.1 Å². The minimum atomic E-state index is -3.98. The minimum absolute atomic E-state index is 0.101. The average molecular weight is 402 g/mol. The number of benzene rings is 1. The SMILES string of the molecule is CN1CCCN(S(=O)(=O)c2cc([N+](=O)[O-])ccc2N(CCO)CCO)CC1. The molecule has 1 heterocycles. The summed E-state index contributed by atoms with van der Waals surface area (Å²) in [4.78, 5) is 13.9. The normalized spacial score (nSPS) is 16.9. The van der Waals surface area contributed by atoms with Gasteiger partial charge in [0.2, 0.25) is 10.0 Å². The summed E-state index contributed by atoms with van der Waals surface area (Å²) in [5, 5.41) is 29.7. The fraction of sp³-hybridized carbons (Fsp3) is 0.625. The maximum atomic E-state index is 13.3. The predicted octanol–water partition coefficient (Wildman–Crippen LogP) is -0.288. The number of nitro groups is 1. The van der Waals surface area contributed by atoms with E-state index in [9.17, 15) is 28.7 Å². The predicted molar refractivity (Wildman–Crippen MR) is 100 cm³/mol. The molecule has 0 unspecified atom stereocenters. The third kappa shape index (κ3) is 5.14. The number of hydrogen-bond acceptors (Lipinski definition) is 8. The molecule has 1 aromatic rings. The van der Waals surface area contributed by atoms with Gasteiger partial charge in [0.05, 0.1) is 23.8 Å². The van der Waals surface area contributed by atoms with Gasteiger partial charge in [0.15, 0.2) is 0 Å². The summed E-state index contributed by atoms with van der Waals surface area (Å²) in [6.45, 7) is 1.68. The van der Waals surface area contributed by atoms with Crippen molar-refractivity contribution in [3.8, 4) is 0 Å². The van der Waals surface area contributed by atoms with E-state index >= 15 is 0 Å². The highest BCUT2D eigenvalue weighted by atomic mass is 32.2. The van der Waals surface area contributed by atoms with E-state index in [1.54, 1.807) is 0 Å². The Kier molecular flexibility index (Phi) is 7.50. The van der Waals surface area contributed by atoms with Gasteiger partial charge in [-0.05, 0) is 26.1 Å². The maximum Gasteiger partial charge on any atom is 0.270 e. The summed E-state index contributed by atoms with van der Waals surface area (Å²) in [5.41, 5.74) is -0.0847. The summed E-state index contributed by atoms with van der Waals surface area (Å²) in [7, 11) is -2.06. The van der Waals surface area contributed by atoms with Crippen LogP contribution in [0, 0.1) is 10.1 Å². The Labute approximate surface area is 158 Å². The van der Waals surface area contributed by atoms with Gasteiger partial charge in [-0.3, -0.25) is 10.1 Å². The molecule has 1 saturated heterocycles. The van der Waals surface area contributed by atoms with Gasteiger partial charge in [-0.25, -0.2) is 8.42 Å². The van der Waals surface area contributed by atoms with Crippen LogP contribution in [0.2, 0.25) is 0 Å². The van der Waals surface area contributed by atoms with E-state index in [0.717, 1.165) is 12.6 Å². The lowest BCUT2D eigenvalue weighted by atomic mass is 10.2. The van der Waals surface area contributed by atoms with Crippen LogP contribution in [0.4, 0.5) is 11.4 Å². The number of anilines is 1. The molecule has 2 N–H and O–H groups in total. The van der Waals surface area contributed by atoms with Crippen LogP contribution in [-0.2, 0) is 10.0 Å². The average Bonchev–Trinajstić information content (AvgIpc) is 2.86. The fourth-order valence-corrected chi connectivity index (χ4v) is 4.78. The van der Waals surface area contributed by atoms with Crippen LogP contribution >= 0.6 is 0 Å². The second-order valence-electron chi connectivity index (χ2n) is 6.40. The monoisotopic (exact) mass is 402 g/mol. The molecule has 0 atom stereocenters. The quantitative estimate of drug-likeness (QED) is 0.449. The maximum absolute atomic E-state index is 13.3. The molecule has 11 heteroatoms. The second-order valence-corrected chi connectivity index (χ2v) is 8.31. The molecule has 0 amide bonds. The molecule has 1 aliphatic rings. The van der Waals surface area contributed by atoms with Gasteiger partial charge in [-0.15, -0.1) is 0 Å². The lowest BCUT2D eigenvalue weighted by Gasteiger charge is -2.28. The van der Waals surface area contributed by atoms with Crippen molar-refractivity contribution >= 4 is 21.4 Å². The molecule has 2 rings (SSSR count). The first-order valence-corrected chi connectivity index (χ1v) is 10.2. The second kappa shape index (κ2) is 9.42. The van der Waals surface area contributed by atoms with Crippen molar-refractivity contribution in [3.63, 3.8) is 0 Å². The molecular formula is C16H26N4O6S. The van der Waals surface area contributed by atoms with Crippen LogP contribution in [0.15, 0.2) is 23.1 Å². The van der Waals surface area contributed by atoms with Crippen molar-refractivity contribution in [2.24, 2.45) is 0 Å². The third-order valence-corrected chi connectivity index (χ3v) is 6.46. The molecule has 0 spiro atoms. The Bertz CT molecular complexity index is 751. The Balaban J connectivity index is 2.52. The van der Waals surface area contributed by atoms with E-state index in [2.05, 4.69) is 0 Å². The first kappa shape index (κ1) is 21.5. The zero-order valence-corrected chi connectivity index (χ0v) is 16.1. The van der Waals surface area contributed by atoms with Crippen molar-refractivity contribution in [2.75, 3.05) is 64.4 Å².